The molecule has 0 bridgehead atoms. The van der Waals surface area contributed by atoms with Gasteiger partial charge in [-0.3, -0.25) is 0 Å². The zero-order valence-corrected chi connectivity index (χ0v) is 18.0. The van der Waals surface area contributed by atoms with Gasteiger partial charge in [-0.1, -0.05) is 23.8 Å². The Balaban J connectivity index is 1.80. The van der Waals surface area contributed by atoms with Crippen molar-refractivity contribution in [1.29, 1.82) is 0 Å². The van der Waals surface area contributed by atoms with Crippen molar-refractivity contribution in [2.24, 2.45) is 0 Å². The molecule has 0 saturated carbocycles. The lowest BCUT2D eigenvalue weighted by Crippen LogP contribution is -2.50. The highest BCUT2D eigenvalue weighted by molar-refractivity contribution is 7.89. The number of rotatable bonds is 4. The first-order valence-corrected chi connectivity index (χ1v) is 12.0. The zero-order chi connectivity index (χ0) is 22.3. The molecule has 30 heavy (non-hydrogen) atoms. The van der Waals surface area contributed by atoms with Crippen molar-refractivity contribution in [3.8, 4) is 0 Å². The maximum atomic E-state index is 13.1. The van der Waals surface area contributed by atoms with Crippen molar-refractivity contribution in [2.45, 2.75) is 29.8 Å². The van der Waals surface area contributed by atoms with Crippen molar-refractivity contribution in [1.82, 2.24) is 8.61 Å². The second kappa shape index (κ2) is 7.95. The average molecular weight is 463 g/mol. The summed E-state index contributed by atoms with van der Waals surface area (Å²) in [5.41, 5.74) is -0.180. The van der Waals surface area contributed by atoms with Crippen LogP contribution in [0.1, 0.15) is 16.7 Å². The van der Waals surface area contributed by atoms with Gasteiger partial charge in [-0.2, -0.15) is 21.8 Å². The second-order valence-corrected chi connectivity index (χ2v) is 11.0. The van der Waals surface area contributed by atoms with Crippen LogP contribution in [0.2, 0.25) is 0 Å². The summed E-state index contributed by atoms with van der Waals surface area (Å²) in [7, 11) is -7.97. The highest BCUT2D eigenvalue weighted by Gasteiger charge is 2.37. The van der Waals surface area contributed by atoms with Gasteiger partial charge >= 0.3 is 6.18 Å². The molecule has 2 aromatic carbocycles. The molecule has 3 rings (SSSR count). The molecule has 1 heterocycles. The topological polar surface area (TPSA) is 74.8 Å². The Kier molecular flexibility index (Phi) is 6.02. The number of hydrogen-bond donors (Lipinski definition) is 0. The van der Waals surface area contributed by atoms with Gasteiger partial charge in [0.2, 0.25) is 20.0 Å². The lowest BCUT2D eigenvalue weighted by molar-refractivity contribution is -0.138. The van der Waals surface area contributed by atoms with E-state index < -0.39 is 36.7 Å². The van der Waals surface area contributed by atoms with Gasteiger partial charge < -0.3 is 0 Å². The molecule has 1 saturated heterocycles. The van der Waals surface area contributed by atoms with Crippen LogP contribution in [0.4, 0.5) is 13.2 Å². The lowest BCUT2D eigenvalue weighted by atomic mass is 10.1. The maximum absolute atomic E-state index is 13.1. The molecule has 1 aliphatic rings. The quantitative estimate of drug-likeness (QED) is 0.700. The summed E-state index contributed by atoms with van der Waals surface area (Å²) in [6, 6.07) is 9.19. The molecular formula is C19H21F3N2O4S2. The summed E-state index contributed by atoms with van der Waals surface area (Å²) in [6.45, 7) is 2.61. The first-order valence-electron chi connectivity index (χ1n) is 9.08. The maximum Gasteiger partial charge on any atom is 0.416 e. The van der Waals surface area contributed by atoms with E-state index in [-0.39, 0.29) is 36.6 Å². The van der Waals surface area contributed by atoms with Crippen molar-refractivity contribution < 1.29 is 30.0 Å². The second-order valence-electron chi connectivity index (χ2n) is 7.10. The Hall–Kier alpha value is -1.95. The molecule has 11 heteroatoms. The third-order valence-electron chi connectivity index (χ3n) is 5.01. The van der Waals surface area contributed by atoms with Crippen LogP contribution in [-0.2, 0) is 26.2 Å². The number of benzene rings is 2. The van der Waals surface area contributed by atoms with Crippen LogP contribution >= 0.6 is 0 Å². The van der Waals surface area contributed by atoms with E-state index in [2.05, 4.69) is 0 Å². The number of hydrogen-bond acceptors (Lipinski definition) is 4. The standard InChI is InChI=1S/C19H21F3N2O4S2/c1-14-3-6-16(7-4-14)29(25,26)23-9-11-24(12-10-23)30(27,28)17-8-5-15(2)18(13-17)19(20,21)22/h3-8,13H,9-12H2,1-2H3. The Morgan fingerprint density at radius 3 is 1.63 bits per heavy atom. The van der Waals surface area contributed by atoms with Crippen molar-refractivity contribution in [2.75, 3.05) is 26.2 Å². The van der Waals surface area contributed by atoms with Gasteiger partial charge in [-0.25, -0.2) is 16.8 Å². The highest BCUT2D eigenvalue weighted by atomic mass is 32.2. The van der Waals surface area contributed by atoms with Crippen molar-refractivity contribution in [3.05, 3.63) is 59.2 Å². The van der Waals surface area contributed by atoms with Gasteiger partial charge in [0, 0.05) is 26.2 Å². The largest absolute Gasteiger partial charge is 0.416 e. The van der Waals surface area contributed by atoms with Crippen LogP contribution < -0.4 is 0 Å². The van der Waals surface area contributed by atoms with E-state index in [1.807, 2.05) is 6.92 Å². The Morgan fingerprint density at radius 2 is 1.17 bits per heavy atom. The molecular weight excluding hydrogens is 441 g/mol. The summed E-state index contributed by atoms with van der Waals surface area (Å²) >= 11 is 0. The van der Waals surface area contributed by atoms with E-state index in [1.54, 1.807) is 12.1 Å². The van der Waals surface area contributed by atoms with Gasteiger partial charge in [0.25, 0.3) is 0 Å². The normalized spacial score (nSPS) is 17.2. The lowest BCUT2D eigenvalue weighted by Gasteiger charge is -2.33. The number of aryl methyl sites for hydroxylation is 2. The summed E-state index contributed by atoms with van der Waals surface area (Å²) in [4.78, 5) is -0.354. The van der Waals surface area contributed by atoms with Crippen LogP contribution in [0.15, 0.2) is 52.3 Å². The monoisotopic (exact) mass is 462 g/mol. The first kappa shape index (κ1) is 22.7. The predicted octanol–water partition coefficient (Wildman–Crippen LogP) is 3.02. The fourth-order valence-corrected chi connectivity index (χ4v) is 6.10. The number of piperazine rings is 1. The van der Waals surface area contributed by atoms with E-state index >= 15 is 0 Å². The third kappa shape index (κ3) is 4.39. The third-order valence-corrected chi connectivity index (χ3v) is 8.82. The minimum atomic E-state index is -4.67. The molecule has 0 amide bonds. The van der Waals surface area contributed by atoms with E-state index in [4.69, 9.17) is 0 Å². The molecule has 0 radical (unpaired) electrons. The summed E-state index contributed by atoms with van der Waals surface area (Å²) in [5, 5.41) is 0. The predicted molar refractivity (Wildman–Crippen MR) is 105 cm³/mol. The Bertz CT molecular complexity index is 1140. The summed E-state index contributed by atoms with van der Waals surface area (Å²) in [5.74, 6) is 0. The molecule has 0 atom stereocenters. The van der Waals surface area contributed by atoms with E-state index in [0.29, 0.717) is 6.07 Å². The van der Waals surface area contributed by atoms with E-state index in [1.165, 1.54) is 23.4 Å². The molecule has 1 fully saturated rings. The molecule has 164 valence electrons. The molecule has 0 aliphatic carbocycles. The minimum Gasteiger partial charge on any atom is -0.207 e. The molecule has 0 unspecified atom stereocenters. The summed E-state index contributed by atoms with van der Waals surface area (Å²) in [6.07, 6.45) is -4.67. The zero-order valence-electron chi connectivity index (χ0n) is 16.3. The average Bonchev–Trinajstić information content (AvgIpc) is 2.67. The first-order chi connectivity index (χ1) is 13.8. The number of halogens is 3. The van der Waals surface area contributed by atoms with Gasteiger partial charge in [0.1, 0.15) is 0 Å². The van der Waals surface area contributed by atoms with Crippen molar-refractivity contribution >= 4 is 20.0 Å². The van der Waals surface area contributed by atoms with E-state index in [9.17, 15) is 30.0 Å². The minimum absolute atomic E-state index is 0.0736. The molecule has 0 N–H and O–H groups in total. The molecule has 0 aromatic heterocycles. The van der Waals surface area contributed by atoms with Crippen LogP contribution in [-0.4, -0.2) is 51.6 Å². The SMILES string of the molecule is Cc1ccc(S(=O)(=O)N2CCN(S(=O)(=O)c3ccc(C)c(C(F)(F)F)c3)CC2)cc1. The number of alkyl halides is 3. The number of nitrogens with zero attached hydrogens (tertiary/aromatic N) is 2. The van der Waals surface area contributed by atoms with Gasteiger partial charge in [-0.05, 0) is 43.7 Å². The molecule has 1 aliphatic heterocycles. The number of sulfonamides is 2. The van der Waals surface area contributed by atoms with Gasteiger partial charge in [0.15, 0.2) is 0 Å². The molecule has 2 aromatic rings. The smallest absolute Gasteiger partial charge is 0.207 e. The van der Waals surface area contributed by atoms with Gasteiger partial charge in [-0.15, -0.1) is 0 Å². The van der Waals surface area contributed by atoms with Crippen LogP contribution in [0.25, 0.3) is 0 Å². The van der Waals surface area contributed by atoms with Gasteiger partial charge in [0.05, 0.1) is 15.4 Å². The Labute approximate surface area is 174 Å². The fraction of sp³-hybridized carbons (Fsp3) is 0.368. The Morgan fingerprint density at radius 1 is 0.733 bits per heavy atom. The van der Waals surface area contributed by atoms with Crippen LogP contribution in [0, 0.1) is 13.8 Å². The molecule has 0 spiro atoms. The van der Waals surface area contributed by atoms with Crippen LogP contribution in [0.5, 0.6) is 0 Å². The highest BCUT2D eigenvalue weighted by Crippen LogP contribution is 2.34. The molecule has 6 nitrogen and oxygen atoms in total. The fourth-order valence-electron chi connectivity index (χ4n) is 3.23. The van der Waals surface area contributed by atoms with E-state index in [0.717, 1.165) is 22.0 Å². The summed E-state index contributed by atoms with van der Waals surface area (Å²) < 4.78 is 92.8. The van der Waals surface area contributed by atoms with Crippen LogP contribution in [0.3, 0.4) is 0 Å². The van der Waals surface area contributed by atoms with Crippen molar-refractivity contribution in [3.63, 3.8) is 0 Å².